The molecule has 0 aliphatic carbocycles. The van der Waals surface area contributed by atoms with Crippen LogP contribution in [0.3, 0.4) is 0 Å². The van der Waals surface area contributed by atoms with Gasteiger partial charge in [-0.2, -0.15) is 0 Å². The number of hydrogen-bond acceptors (Lipinski definition) is 1. The quantitative estimate of drug-likeness (QED) is 0.490. The van der Waals surface area contributed by atoms with Gasteiger partial charge in [-0.05, 0) is 0 Å². The minimum absolute atomic E-state index is 0. The Kier molecular flexibility index (Phi) is 24.4. The zero-order valence-corrected chi connectivity index (χ0v) is 5.72. The zero-order valence-electron chi connectivity index (χ0n) is 5.36. The smallest absolute Gasteiger partial charge is 1.00 e. The molecule has 0 bridgehead atoms. The fraction of sp³-hybridized carbons (Fsp3) is 0.500. The third-order valence-electron chi connectivity index (χ3n) is 0. The Hall–Kier alpha value is 0.756. The maximum absolute atomic E-state index is 9.00. The third kappa shape index (κ3) is 117. The van der Waals surface area contributed by atoms with Crippen LogP contribution in [0.5, 0.6) is 0 Å². The second kappa shape index (κ2) is 9.23. The van der Waals surface area contributed by atoms with E-state index in [0.717, 1.165) is 6.92 Å². The Morgan fingerprint density at radius 1 is 1.83 bits per heavy atom. The number of carbonyl (C=O) groups is 1. The molecule has 0 rings (SSSR count). The van der Waals surface area contributed by atoms with Gasteiger partial charge in [-0.25, -0.2) is 0 Å². The van der Waals surface area contributed by atoms with Crippen LogP contribution in [0.15, 0.2) is 0 Å². The van der Waals surface area contributed by atoms with Crippen LogP contribution in [-0.4, -0.2) is 34.1 Å². The van der Waals surface area contributed by atoms with Gasteiger partial charge in [0.25, 0.3) is 5.97 Å². The fourth-order valence-corrected chi connectivity index (χ4v) is 0. The van der Waals surface area contributed by atoms with Crippen molar-refractivity contribution in [1.82, 2.24) is 0 Å². The molecule has 1 radical (unpaired) electrons. The molecule has 2 nitrogen and oxygen atoms in total. The molecule has 0 amide bonds. The van der Waals surface area contributed by atoms with Crippen molar-refractivity contribution in [3.8, 4) is 0 Å². The van der Waals surface area contributed by atoms with Gasteiger partial charge in [0.15, 0.2) is 0 Å². The molecule has 1 N–H and O–H groups in total. The van der Waals surface area contributed by atoms with Crippen LogP contribution in [0.1, 0.15) is 9.78 Å². The molecule has 39 valence electrons. The van der Waals surface area contributed by atoms with E-state index in [9.17, 15) is 0 Å². The van der Waals surface area contributed by atoms with E-state index in [1.54, 1.807) is 0 Å². The van der Waals surface area contributed by atoms with Crippen LogP contribution in [0.2, 0.25) is 0 Å². The van der Waals surface area contributed by atoms with Crippen molar-refractivity contribution in [1.29, 1.82) is 0 Å². The molecule has 6 heavy (non-hydrogen) atoms. The first kappa shape index (κ1) is 15.9. The molecule has 0 aromatic rings. The number of carboxylic acid groups (broad SMARTS) is 1. The molecule has 0 atom stereocenters. The molecular formula is C2H6CuMgO2. The average Bonchev–Trinajstić information content (AvgIpc) is 0.811. The maximum Gasteiger partial charge on any atom is 2.00 e. The normalized spacial score (nSPS) is 4.17. The molecule has 0 aliphatic heterocycles. The summed E-state index contributed by atoms with van der Waals surface area (Å²) in [6.07, 6.45) is 0. The monoisotopic (exact) mass is 149 g/mol. The van der Waals surface area contributed by atoms with Gasteiger partial charge >= 0.3 is 23.1 Å². The molecule has 0 aromatic heterocycles. The summed E-state index contributed by atoms with van der Waals surface area (Å²) in [5.74, 6) is -0.833. The van der Waals surface area contributed by atoms with Gasteiger partial charge in [0.05, 0.1) is 0 Å². The summed E-state index contributed by atoms with van der Waals surface area (Å²) in [7, 11) is 0. The van der Waals surface area contributed by atoms with Gasteiger partial charge in [0.1, 0.15) is 0 Å². The maximum atomic E-state index is 9.00. The van der Waals surface area contributed by atoms with Crippen molar-refractivity contribution in [2.24, 2.45) is 0 Å². The second-order valence-corrected chi connectivity index (χ2v) is 0.519. The van der Waals surface area contributed by atoms with Gasteiger partial charge in [-0.15, -0.1) is 0 Å². The number of carboxylic acids is 1. The molecule has 4 heteroatoms. The SMILES string of the molecule is CC(=O)O.[Cu].[H-].[H-].[Mg+2]. The van der Waals surface area contributed by atoms with Gasteiger partial charge in [-0.1, -0.05) is 0 Å². The molecule has 0 aliphatic rings. The molecule has 0 saturated carbocycles. The van der Waals surface area contributed by atoms with Gasteiger partial charge < -0.3 is 7.96 Å². The predicted octanol–water partition coefficient (Wildman–Crippen LogP) is -0.0674. The van der Waals surface area contributed by atoms with E-state index in [0.29, 0.717) is 0 Å². The number of hydrogen-bond donors (Lipinski definition) is 1. The van der Waals surface area contributed by atoms with Crippen molar-refractivity contribution < 1.29 is 29.8 Å². The number of rotatable bonds is 0. The van der Waals surface area contributed by atoms with Gasteiger partial charge in [0, 0.05) is 24.0 Å². The number of aliphatic carboxylic acids is 1. The Labute approximate surface area is 65.9 Å². The van der Waals surface area contributed by atoms with E-state index >= 15 is 0 Å². The molecule has 0 saturated heterocycles. The van der Waals surface area contributed by atoms with E-state index in [-0.39, 0.29) is 43.0 Å². The molecule has 0 unspecified atom stereocenters. The summed E-state index contributed by atoms with van der Waals surface area (Å²) in [6.45, 7) is 1.08. The van der Waals surface area contributed by atoms with Crippen molar-refractivity contribution in [3.63, 3.8) is 0 Å². The van der Waals surface area contributed by atoms with Crippen LogP contribution in [0.25, 0.3) is 0 Å². The molecular weight excluding hydrogens is 144 g/mol. The summed E-state index contributed by atoms with van der Waals surface area (Å²) in [4.78, 5) is 9.00. The average molecular weight is 150 g/mol. The Bertz CT molecular complexity index is 41.0. The first-order valence-corrected chi connectivity index (χ1v) is 0.928. The predicted molar refractivity (Wildman–Crippen MR) is 21.3 cm³/mol. The Balaban J connectivity index is -0.00000000750. The van der Waals surface area contributed by atoms with Crippen LogP contribution in [0.4, 0.5) is 0 Å². The summed E-state index contributed by atoms with van der Waals surface area (Å²) in [6, 6.07) is 0. The largest absolute Gasteiger partial charge is 2.00 e. The first-order valence-electron chi connectivity index (χ1n) is 0.928. The summed E-state index contributed by atoms with van der Waals surface area (Å²) in [5.41, 5.74) is 0. The van der Waals surface area contributed by atoms with Crippen molar-refractivity contribution in [2.75, 3.05) is 0 Å². The Morgan fingerprint density at radius 3 is 1.83 bits per heavy atom. The summed E-state index contributed by atoms with van der Waals surface area (Å²) in [5, 5.41) is 7.42. The van der Waals surface area contributed by atoms with E-state index in [2.05, 4.69) is 0 Å². The topological polar surface area (TPSA) is 37.3 Å². The van der Waals surface area contributed by atoms with Crippen LogP contribution < -0.4 is 0 Å². The van der Waals surface area contributed by atoms with Crippen LogP contribution in [0, 0.1) is 0 Å². The second-order valence-electron chi connectivity index (χ2n) is 0.519. The minimum Gasteiger partial charge on any atom is -1.00 e. The molecule has 0 fully saturated rings. The van der Waals surface area contributed by atoms with E-state index in [1.165, 1.54) is 0 Å². The van der Waals surface area contributed by atoms with Crippen LogP contribution in [-0.2, 0) is 21.9 Å². The summed E-state index contributed by atoms with van der Waals surface area (Å²) >= 11 is 0. The van der Waals surface area contributed by atoms with Gasteiger partial charge in [-0.3, -0.25) is 4.79 Å². The standard InChI is InChI=1S/C2H4O2.Cu.Mg.2H/c1-2(3)4;;;;/h1H3,(H,3,4);;;;/q;;+2;2*-1. The van der Waals surface area contributed by atoms with Crippen molar-refractivity contribution >= 4 is 29.0 Å². The third-order valence-corrected chi connectivity index (χ3v) is 0. The van der Waals surface area contributed by atoms with Crippen molar-refractivity contribution in [3.05, 3.63) is 0 Å². The van der Waals surface area contributed by atoms with Crippen molar-refractivity contribution in [2.45, 2.75) is 6.92 Å². The van der Waals surface area contributed by atoms with Gasteiger partial charge in [0.2, 0.25) is 0 Å². The van der Waals surface area contributed by atoms with E-state index in [4.69, 9.17) is 9.90 Å². The summed E-state index contributed by atoms with van der Waals surface area (Å²) < 4.78 is 0. The van der Waals surface area contributed by atoms with E-state index in [1.807, 2.05) is 0 Å². The zero-order chi connectivity index (χ0) is 3.58. The Morgan fingerprint density at radius 2 is 1.83 bits per heavy atom. The molecule has 0 spiro atoms. The molecule has 0 aromatic carbocycles. The fourth-order valence-electron chi connectivity index (χ4n) is 0. The molecule has 0 heterocycles. The van der Waals surface area contributed by atoms with Crippen LogP contribution >= 0.6 is 0 Å². The van der Waals surface area contributed by atoms with E-state index < -0.39 is 5.97 Å². The minimum atomic E-state index is -0.833. The first-order chi connectivity index (χ1) is 1.73.